The van der Waals surface area contributed by atoms with Crippen LogP contribution in [0.5, 0.6) is 11.5 Å². The van der Waals surface area contributed by atoms with Crippen molar-refractivity contribution in [2.75, 3.05) is 16.8 Å². The fourth-order valence-corrected chi connectivity index (χ4v) is 9.89. The quantitative estimate of drug-likeness (QED) is 0.149. The minimum Gasteiger partial charge on any atom is -0.509 e. The number of ether oxygens (including phenoxy) is 1. The molecule has 0 radical (unpaired) electrons. The van der Waals surface area contributed by atoms with Crippen LogP contribution in [0.1, 0.15) is 45.0 Å². The van der Waals surface area contributed by atoms with E-state index in [0.717, 1.165) is 96.5 Å². The SMILES string of the molecule is CN1[CH-]N(c2[c-]c(Oc3[c-]c4c(cc3)c3ccccc3n4-c3cc(C(C)(C)C)ccn3)cc(-c3c(-c4ccccc4)cccc3-c3ccccc3)c2)c2cc3nc4n(c3cc21)CCCC4.[Pt]. The van der Waals surface area contributed by atoms with E-state index < -0.39 is 0 Å². The summed E-state index contributed by atoms with van der Waals surface area (Å²) in [6.07, 6.45) is 5.27. The maximum atomic E-state index is 7.03. The van der Waals surface area contributed by atoms with Gasteiger partial charge in [0.25, 0.3) is 0 Å². The number of pyridine rings is 1. The largest absolute Gasteiger partial charge is 0.509 e. The van der Waals surface area contributed by atoms with Gasteiger partial charge in [0, 0.05) is 68.6 Å². The van der Waals surface area contributed by atoms with E-state index in [1.54, 1.807) is 0 Å². The molecule has 0 saturated heterocycles. The van der Waals surface area contributed by atoms with Crippen molar-refractivity contribution >= 4 is 49.9 Å². The monoisotopic (exact) mass is 1040 g/mol. The molecule has 0 fully saturated rings. The van der Waals surface area contributed by atoms with Crippen molar-refractivity contribution in [3.63, 3.8) is 0 Å². The van der Waals surface area contributed by atoms with Crippen LogP contribution in [0.25, 0.3) is 72.0 Å². The third kappa shape index (κ3) is 7.17. The Labute approximate surface area is 400 Å². The average molecular weight is 1040 g/mol. The zero-order chi connectivity index (χ0) is 43.8. The predicted molar refractivity (Wildman–Crippen MR) is 265 cm³/mol. The predicted octanol–water partition coefficient (Wildman–Crippen LogP) is 14.3. The van der Waals surface area contributed by atoms with Crippen LogP contribution in [0.3, 0.4) is 0 Å². The van der Waals surface area contributed by atoms with Gasteiger partial charge in [0.2, 0.25) is 0 Å². The smallest absolute Gasteiger partial charge is 0.135 e. The molecule has 0 unspecified atom stereocenters. The number of aromatic nitrogens is 4. The second-order valence-electron chi connectivity index (χ2n) is 18.3. The summed E-state index contributed by atoms with van der Waals surface area (Å²) in [4.78, 5) is 14.5. The molecule has 5 heterocycles. The fraction of sp³-hybridized carbons (Fsp3) is 0.155. The molecule has 0 saturated carbocycles. The molecule has 328 valence electrons. The van der Waals surface area contributed by atoms with Crippen LogP contribution in [0.2, 0.25) is 0 Å². The number of benzene rings is 7. The Bertz CT molecular complexity index is 3400. The molecule has 7 nitrogen and oxygen atoms in total. The van der Waals surface area contributed by atoms with E-state index >= 15 is 0 Å². The van der Waals surface area contributed by atoms with Gasteiger partial charge < -0.3 is 23.7 Å². The molecule has 0 atom stereocenters. The summed E-state index contributed by atoms with van der Waals surface area (Å²) in [6, 6.07) is 61.3. The topological polar surface area (TPSA) is 51.4 Å². The Balaban J connectivity index is 0.00000481. The van der Waals surface area contributed by atoms with Crippen LogP contribution < -0.4 is 14.5 Å². The van der Waals surface area contributed by atoms with Crippen molar-refractivity contribution < 1.29 is 25.8 Å². The minimum absolute atomic E-state index is 0. The third-order valence-corrected chi connectivity index (χ3v) is 13.1. The van der Waals surface area contributed by atoms with Crippen LogP contribution in [0.15, 0.2) is 158 Å². The first-order chi connectivity index (χ1) is 31.7. The minimum atomic E-state index is -0.0430. The normalized spacial score (nSPS) is 13.6. The zero-order valence-corrected chi connectivity index (χ0v) is 39.6. The standard InChI is InChI=1S/C58H47N6O.Pt/c1-58(2,3)41-27-28-59-56(32-41)64-50-23-12-11-20-47(50)48-26-25-43(34-51(48)64)65-44-31-40(57-45(38-16-7-5-8-17-38)21-15-22-46(57)39-18-9-6-10-19-39)30-42(33-44)63-37-61(4)53-36-52-49(35-54(53)63)60-55-24-13-14-29-62(52)55;/h5-12,15-23,25-28,30-32,35-37H,13-14,24,29H2,1-4H3;/q-3;. The second-order valence-corrected chi connectivity index (χ2v) is 18.3. The Morgan fingerprint density at radius 2 is 1.39 bits per heavy atom. The number of fused-ring (bicyclic) bond motifs is 7. The molecule has 0 bridgehead atoms. The van der Waals surface area contributed by atoms with E-state index in [0.29, 0.717) is 11.5 Å². The number of rotatable bonds is 7. The summed E-state index contributed by atoms with van der Waals surface area (Å²) < 4.78 is 11.6. The maximum Gasteiger partial charge on any atom is 0.135 e. The van der Waals surface area contributed by atoms with Crippen LogP contribution in [0.4, 0.5) is 17.1 Å². The summed E-state index contributed by atoms with van der Waals surface area (Å²) in [5, 5.41) is 2.22. The van der Waals surface area contributed by atoms with Crippen molar-refractivity contribution in [2.24, 2.45) is 0 Å². The van der Waals surface area contributed by atoms with E-state index in [4.69, 9.17) is 14.7 Å². The van der Waals surface area contributed by atoms with Gasteiger partial charge in [-0.25, -0.2) is 9.97 Å². The first-order valence-electron chi connectivity index (χ1n) is 22.6. The number of para-hydroxylation sites is 1. The van der Waals surface area contributed by atoms with E-state index in [2.05, 4.69) is 211 Å². The van der Waals surface area contributed by atoms with Gasteiger partial charge in [-0.1, -0.05) is 123 Å². The van der Waals surface area contributed by atoms with Gasteiger partial charge >= 0.3 is 0 Å². The second kappa shape index (κ2) is 16.5. The van der Waals surface area contributed by atoms with Gasteiger partial charge in [0.05, 0.1) is 11.0 Å². The van der Waals surface area contributed by atoms with Gasteiger partial charge in [0.1, 0.15) is 11.6 Å². The Morgan fingerprint density at radius 3 is 2.15 bits per heavy atom. The number of nitrogens with zero attached hydrogens (tertiary/aromatic N) is 6. The van der Waals surface area contributed by atoms with Crippen molar-refractivity contribution in [2.45, 2.75) is 52.0 Å². The molecule has 0 amide bonds. The first-order valence-corrected chi connectivity index (χ1v) is 22.6. The molecule has 66 heavy (non-hydrogen) atoms. The maximum absolute atomic E-state index is 7.03. The van der Waals surface area contributed by atoms with Crippen molar-refractivity contribution in [1.29, 1.82) is 0 Å². The van der Waals surface area contributed by atoms with Gasteiger partial charge in [0.15, 0.2) is 0 Å². The Kier molecular flexibility index (Phi) is 10.4. The summed E-state index contributed by atoms with van der Waals surface area (Å²) in [5.41, 5.74) is 15.0. The summed E-state index contributed by atoms with van der Waals surface area (Å²) in [6.45, 7) is 9.86. The summed E-state index contributed by atoms with van der Waals surface area (Å²) >= 11 is 0. The number of aryl methyl sites for hydroxylation is 2. The number of hydrogen-bond donors (Lipinski definition) is 0. The fourth-order valence-electron chi connectivity index (χ4n) is 9.89. The van der Waals surface area contributed by atoms with Gasteiger partial charge in [-0.15, -0.1) is 47.0 Å². The molecule has 2 aliphatic heterocycles. The van der Waals surface area contributed by atoms with Crippen molar-refractivity contribution in [1.82, 2.24) is 19.1 Å². The molecule has 10 aromatic rings. The zero-order valence-electron chi connectivity index (χ0n) is 37.3. The molecular formula is C58H47N6OPt-3. The third-order valence-electron chi connectivity index (χ3n) is 13.1. The molecule has 0 spiro atoms. The molecule has 0 N–H and O–H groups in total. The van der Waals surface area contributed by atoms with Crippen molar-refractivity contribution in [3.8, 4) is 50.7 Å². The summed E-state index contributed by atoms with van der Waals surface area (Å²) in [7, 11) is 2.12. The van der Waals surface area contributed by atoms with Gasteiger partial charge in [-0.3, -0.25) is 0 Å². The van der Waals surface area contributed by atoms with E-state index in [1.807, 2.05) is 12.3 Å². The van der Waals surface area contributed by atoms with E-state index in [9.17, 15) is 0 Å². The van der Waals surface area contributed by atoms with Crippen LogP contribution in [0, 0.1) is 18.8 Å². The molecule has 2 aliphatic rings. The molecular weight excluding hydrogens is 992 g/mol. The number of hydrogen-bond acceptors (Lipinski definition) is 5. The molecule has 12 rings (SSSR count). The Morgan fingerprint density at radius 1 is 0.652 bits per heavy atom. The Hall–Kier alpha value is -6.95. The van der Waals surface area contributed by atoms with E-state index in [-0.39, 0.29) is 26.5 Å². The number of anilines is 3. The molecule has 0 aliphatic carbocycles. The van der Waals surface area contributed by atoms with Crippen LogP contribution in [-0.2, 0) is 39.4 Å². The summed E-state index contributed by atoms with van der Waals surface area (Å²) in [5.74, 6) is 3.18. The molecule has 8 heteroatoms. The average Bonchev–Trinajstić information content (AvgIpc) is 3.99. The van der Waals surface area contributed by atoms with Gasteiger partial charge in [-0.05, 0) is 94.4 Å². The van der Waals surface area contributed by atoms with E-state index in [1.165, 1.54) is 29.7 Å². The van der Waals surface area contributed by atoms with Crippen LogP contribution in [-0.4, -0.2) is 26.1 Å². The molecule has 3 aromatic heterocycles. The van der Waals surface area contributed by atoms with Gasteiger partial charge in [-0.2, -0.15) is 12.7 Å². The van der Waals surface area contributed by atoms with Crippen LogP contribution >= 0.6 is 0 Å². The first kappa shape index (κ1) is 41.7. The number of imidazole rings is 1. The molecule has 7 aromatic carbocycles. The van der Waals surface area contributed by atoms with Crippen molar-refractivity contribution in [3.05, 3.63) is 188 Å².